The Kier molecular flexibility index (Phi) is 5.55. The second kappa shape index (κ2) is 9.44. The van der Waals surface area contributed by atoms with Crippen LogP contribution in [0.15, 0.2) is 116 Å². The molecule has 0 saturated carbocycles. The minimum atomic E-state index is 1.00. The average molecular weight is 541 g/mol. The molecule has 1 aliphatic rings. The highest BCUT2D eigenvalue weighted by Gasteiger charge is 2.14. The van der Waals surface area contributed by atoms with Crippen LogP contribution < -0.4 is 10.4 Å². The van der Waals surface area contributed by atoms with Crippen LogP contribution in [-0.4, -0.2) is 0 Å². The Labute approximate surface area is 243 Å². The van der Waals surface area contributed by atoms with Crippen LogP contribution in [0.2, 0.25) is 0 Å². The molecule has 0 fully saturated rings. The van der Waals surface area contributed by atoms with Gasteiger partial charge in [-0.25, -0.2) is 0 Å². The molecule has 8 rings (SSSR count). The zero-order valence-corrected chi connectivity index (χ0v) is 23.6. The molecule has 0 nitrogen and oxygen atoms in total. The summed E-state index contributed by atoms with van der Waals surface area (Å²) in [5.41, 5.74) is 7.33. The van der Waals surface area contributed by atoms with Gasteiger partial charge in [-0.15, -0.1) is 11.3 Å². The van der Waals surface area contributed by atoms with Crippen LogP contribution in [0.4, 0.5) is 0 Å². The van der Waals surface area contributed by atoms with E-state index in [1.807, 2.05) is 11.3 Å². The summed E-state index contributed by atoms with van der Waals surface area (Å²) in [5, 5.41) is 10.1. The van der Waals surface area contributed by atoms with E-state index in [0.717, 1.165) is 29.2 Å². The van der Waals surface area contributed by atoms with Gasteiger partial charge in [0.1, 0.15) is 0 Å². The first-order valence-electron chi connectivity index (χ1n) is 14.2. The smallest absolute Gasteiger partial charge is 0.0434 e. The lowest BCUT2D eigenvalue weighted by molar-refractivity contribution is 0.978. The summed E-state index contributed by atoms with van der Waals surface area (Å²) in [6.07, 6.45) is 8.89. The van der Waals surface area contributed by atoms with E-state index >= 15 is 0 Å². The van der Waals surface area contributed by atoms with E-state index in [2.05, 4.69) is 135 Å². The SMILES string of the molecule is C=C(/C=c1\c(=C)c2c(c3ccccc13)C=CCC2)c1ccc(-c2cccc3c2sc2c4ccccc4ccc32)cc1. The summed E-state index contributed by atoms with van der Waals surface area (Å²) in [4.78, 5) is 0. The van der Waals surface area contributed by atoms with Crippen LogP contribution in [0.1, 0.15) is 23.1 Å². The van der Waals surface area contributed by atoms with Gasteiger partial charge in [0.25, 0.3) is 0 Å². The topological polar surface area (TPSA) is 0 Å². The molecule has 41 heavy (non-hydrogen) atoms. The van der Waals surface area contributed by atoms with E-state index in [1.165, 1.54) is 69.2 Å². The van der Waals surface area contributed by atoms with Crippen molar-refractivity contribution in [1.29, 1.82) is 0 Å². The number of allylic oxidation sites excluding steroid dienone is 2. The molecule has 0 spiro atoms. The Morgan fingerprint density at radius 1 is 0.683 bits per heavy atom. The van der Waals surface area contributed by atoms with E-state index < -0.39 is 0 Å². The molecular weight excluding hydrogens is 513 g/mol. The van der Waals surface area contributed by atoms with Crippen molar-refractivity contribution in [2.24, 2.45) is 0 Å². The van der Waals surface area contributed by atoms with Gasteiger partial charge < -0.3 is 0 Å². The van der Waals surface area contributed by atoms with Crippen LogP contribution >= 0.6 is 11.3 Å². The molecule has 7 aromatic rings. The zero-order valence-electron chi connectivity index (χ0n) is 22.8. The first kappa shape index (κ1) is 24.1. The van der Waals surface area contributed by atoms with Gasteiger partial charge in [-0.3, -0.25) is 0 Å². The summed E-state index contributed by atoms with van der Waals surface area (Å²) in [6, 6.07) is 37.5. The lowest BCUT2D eigenvalue weighted by Crippen LogP contribution is -2.30. The van der Waals surface area contributed by atoms with Crippen molar-refractivity contribution in [3.05, 3.63) is 143 Å². The number of hydrogen-bond donors (Lipinski definition) is 0. The Morgan fingerprint density at radius 3 is 2.27 bits per heavy atom. The molecule has 1 aromatic heterocycles. The van der Waals surface area contributed by atoms with Gasteiger partial charge in [-0.1, -0.05) is 128 Å². The molecule has 0 aliphatic heterocycles. The Morgan fingerprint density at radius 2 is 1.41 bits per heavy atom. The third-order valence-electron chi connectivity index (χ3n) is 8.64. The number of benzene rings is 6. The molecule has 0 amide bonds. The first-order chi connectivity index (χ1) is 20.2. The monoisotopic (exact) mass is 540 g/mol. The first-order valence-corrected chi connectivity index (χ1v) is 15.0. The van der Waals surface area contributed by atoms with Crippen LogP contribution in [0.25, 0.3) is 77.1 Å². The summed E-state index contributed by atoms with van der Waals surface area (Å²) in [6.45, 7) is 9.04. The van der Waals surface area contributed by atoms with E-state index in [1.54, 1.807) is 0 Å². The maximum Gasteiger partial charge on any atom is 0.0434 e. The molecule has 0 saturated heterocycles. The summed E-state index contributed by atoms with van der Waals surface area (Å²) >= 11 is 1.90. The molecule has 6 aromatic carbocycles. The predicted octanol–water partition coefficient (Wildman–Crippen LogP) is 9.89. The number of rotatable bonds is 3. The summed E-state index contributed by atoms with van der Waals surface area (Å²) in [5.74, 6) is 0. The van der Waals surface area contributed by atoms with E-state index in [4.69, 9.17) is 0 Å². The summed E-state index contributed by atoms with van der Waals surface area (Å²) in [7, 11) is 0. The predicted molar refractivity (Wildman–Crippen MR) is 182 cm³/mol. The van der Waals surface area contributed by atoms with Crippen molar-refractivity contribution in [1.82, 2.24) is 0 Å². The van der Waals surface area contributed by atoms with Crippen LogP contribution in [0.5, 0.6) is 0 Å². The van der Waals surface area contributed by atoms with Gasteiger partial charge in [-0.2, -0.15) is 0 Å². The van der Waals surface area contributed by atoms with E-state index in [0.29, 0.717) is 0 Å². The van der Waals surface area contributed by atoms with Gasteiger partial charge in [0.15, 0.2) is 0 Å². The summed E-state index contributed by atoms with van der Waals surface area (Å²) < 4.78 is 2.70. The van der Waals surface area contributed by atoms with Crippen molar-refractivity contribution in [2.45, 2.75) is 12.8 Å². The quantitative estimate of drug-likeness (QED) is 0.209. The normalized spacial score (nSPS) is 13.4. The van der Waals surface area contributed by atoms with Gasteiger partial charge in [0, 0.05) is 20.2 Å². The lowest BCUT2D eigenvalue weighted by atomic mass is 9.88. The van der Waals surface area contributed by atoms with Crippen molar-refractivity contribution < 1.29 is 0 Å². The van der Waals surface area contributed by atoms with E-state index in [-0.39, 0.29) is 0 Å². The third kappa shape index (κ3) is 3.81. The maximum atomic E-state index is 4.55. The molecule has 1 heterocycles. The molecule has 1 heteroatoms. The average Bonchev–Trinajstić information content (AvgIpc) is 3.43. The molecular formula is C40H28S. The minimum Gasteiger partial charge on any atom is -0.134 e. The van der Waals surface area contributed by atoms with Crippen LogP contribution in [0.3, 0.4) is 0 Å². The van der Waals surface area contributed by atoms with Gasteiger partial charge in [0.05, 0.1) is 0 Å². The molecule has 0 radical (unpaired) electrons. The highest BCUT2D eigenvalue weighted by Crippen LogP contribution is 2.42. The minimum absolute atomic E-state index is 1.00. The van der Waals surface area contributed by atoms with Gasteiger partial charge in [0.2, 0.25) is 0 Å². The standard InChI is InChI=1S/C40H28S/c1-25(24-38-26(2)30-11-5-6-13-33(30)34-14-7-8-15-35(34)38)27-18-20-29(21-19-27)32-16-9-17-36-37-23-22-28-10-3-4-12-31(28)40(37)41-39(32)36/h3-4,6-10,12-24H,1-2,5,11H2/b38-24+. The fraction of sp³-hybridized carbons (Fsp3) is 0.0500. The molecule has 0 bridgehead atoms. The largest absolute Gasteiger partial charge is 0.134 e. The van der Waals surface area contributed by atoms with Gasteiger partial charge in [-0.05, 0) is 84.3 Å². The second-order valence-corrected chi connectivity index (χ2v) is 12.0. The number of hydrogen-bond acceptors (Lipinski definition) is 1. The highest BCUT2D eigenvalue weighted by molar-refractivity contribution is 7.27. The fourth-order valence-corrected chi connectivity index (χ4v) is 7.92. The van der Waals surface area contributed by atoms with Gasteiger partial charge >= 0.3 is 0 Å². The van der Waals surface area contributed by atoms with Crippen LogP contribution in [0, 0.1) is 0 Å². The zero-order chi connectivity index (χ0) is 27.5. The Balaban J connectivity index is 1.22. The van der Waals surface area contributed by atoms with Crippen molar-refractivity contribution in [3.8, 4) is 11.1 Å². The third-order valence-corrected chi connectivity index (χ3v) is 9.93. The number of fused-ring (bicyclic) bond motifs is 8. The Bertz CT molecular complexity index is 2330. The van der Waals surface area contributed by atoms with E-state index in [9.17, 15) is 0 Å². The Hall–Kier alpha value is -4.72. The fourth-order valence-electron chi connectivity index (χ4n) is 6.55. The lowest BCUT2D eigenvalue weighted by Gasteiger charge is -2.16. The molecule has 1 aliphatic carbocycles. The molecule has 0 unspecified atom stereocenters. The number of thiophene rings is 1. The maximum absolute atomic E-state index is 4.55. The molecule has 0 N–H and O–H groups in total. The molecule has 0 atom stereocenters. The second-order valence-electron chi connectivity index (χ2n) is 11.0. The highest BCUT2D eigenvalue weighted by atomic mass is 32.1. The van der Waals surface area contributed by atoms with Crippen LogP contribution in [-0.2, 0) is 6.42 Å². The van der Waals surface area contributed by atoms with Crippen molar-refractivity contribution >= 4 is 77.4 Å². The molecule has 194 valence electrons. The van der Waals surface area contributed by atoms with Crippen molar-refractivity contribution in [2.75, 3.05) is 0 Å². The van der Waals surface area contributed by atoms with Crippen molar-refractivity contribution in [3.63, 3.8) is 0 Å².